The van der Waals surface area contributed by atoms with Crippen molar-refractivity contribution in [3.05, 3.63) is 65.7 Å². The highest BCUT2D eigenvalue weighted by Crippen LogP contribution is 2.20. The average molecular weight is 409 g/mol. The molecular weight excluding hydrogens is 376 g/mol. The summed E-state index contributed by atoms with van der Waals surface area (Å²) in [5.41, 5.74) is 2.42. The minimum atomic E-state index is -0.546. The summed E-state index contributed by atoms with van der Waals surface area (Å²) in [6, 6.07) is 18.0. The van der Waals surface area contributed by atoms with E-state index in [1.165, 1.54) is 11.1 Å². The van der Waals surface area contributed by atoms with Gasteiger partial charge in [-0.15, -0.1) is 0 Å². The lowest BCUT2D eigenvalue weighted by molar-refractivity contribution is -0.143. The van der Waals surface area contributed by atoms with E-state index in [9.17, 15) is 9.59 Å². The smallest absolute Gasteiger partial charge is 0.263 e. The number of carbonyl (C=O) groups is 2. The molecule has 1 aliphatic rings. The van der Waals surface area contributed by atoms with Gasteiger partial charge in [-0.05, 0) is 42.5 Å². The third-order valence-electron chi connectivity index (χ3n) is 5.62. The molecule has 2 aromatic rings. The number of hydrogen-bond donors (Lipinski definition) is 0. The van der Waals surface area contributed by atoms with Crippen molar-refractivity contribution in [2.75, 3.05) is 26.2 Å². The summed E-state index contributed by atoms with van der Waals surface area (Å²) in [5, 5.41) is 0. The molecule has 0 saturated carbocycles. The van der Waals surface area contributed by atoms with Crippen LogP contribution in [0.25, 0.3) is 0 Å². The number of rotatable bonds is 7. The van der Waals surface area contributed by atoms with Crippen LogP contribution in [0.1, 0.15) is 44.2 Å². The molecule has 30 heavy (non-hydrogen) atoms. The summed E-state index contributed by atoms with van der Waals surface area (Å²) in [6.45, 7) is 8.34. The molecule has 1 unspecified atom stereocenters. The quantitative estimate of drug-likeness (QED) is 0.699. The molecule has 5 nitrogen and oxygen atoms in total. The fraction of sp³-hybridized carbons (Fsp3) is 0.440. The van der Waals surface area contributed by atoms with Crippen molar-refractivity contribution in [1.82, 2.24) is 9.80 Å². The van der Waals surface area contributed by atoms with Gasteiger partial charge in [0.05, 0.1) is 0 Å². The molecule has 1 fully saturated rings. The van der Waals surface area contributed by atoms with Gasteiger partial charge in [0.2, 0.25) is 5.91 Å². The van der Waals surface area contributed by atoms with Crippen LogP contribution in [0.3, 0.4) is 0 Å². The Morgan fingerprint density at radius 1 is 0.867 bits per heavy atom. The highest BCUT2D eigenvalue weighted by molar-refractivity contribution is 5.81. The first-order valence-electron chi connectivity index (χ1n) is 10.8. The van der Waals surface area contributed by atoms with Crippen LogP contribution < -0.4 is 4.74 Å². The minimum absolute atomic E-state index is 0.0284. The van der Waals surface area contributed by atoms with Gasteiger partial charge in [0.25, 0.3) is 5.91 Å². The Bertz CT molecular complexity index is 825. The molecule has 1 heterocycles. The first kappa shape index (κ1) is 21.9. The Balaban J connectivity index is 1.44. The van der Waals surface area contributed by atoms with Crippen molar-refractivity contribution in [2.45, 2.75) is 45.6 Å². The molecule has 2 aromatic carbocycles. The maximum absolute atomic E-state index is 12.8. The van der Waals surface area contributed by atoms with Crippen molar-refractivity contribution in [1.29, 1.82) is 0 Å². The molecule has 0 aliphatic carbocycles. The van der Waals surface area contributed by atoms with Crippen LogP contribution in [0.4, 0.5) is 0 Å². The van der Waals surface area contributed by atoms with E-state index in [2.05, 4.69) is 13.8 Å². The molecule has 0 spiro atoms. The molecule has 2 amide bonds. The second-order valence-corrected chi connectivity index (χ2v) is 8.18. The summed E-state index contributed by atoms with van der Waals surface area (Å²) >= 11 is 0. The van der Waals surface area contributed by atoms with Crippen LogP contribution in [0.15, 0.2) is 54.6 Å². The van der Waals surface area contributed by atoms with Crippen LogP contribution >= 0.6 is 0 Å². The van der Waals surface area contributed by atoms with Crippen molar-refractivity contribution >= 4 is 11.8 Å². The lowest BCUT2D eigenvalue weighted by atomic mass is 10.0. The SMILES string of the molecule is CC(Oc1ccc(C(C)C)cc1)C(=O)N1CCN(C(=O)CCc2ccccc2)CC1. The van der Waals surface area contributed by atoms with E-state index in [1.807, 2.05) is 59.5 Å². The van der Waals surface area contributed by atoms with Crippen LogP contribution in [-0.4, -0.2) is 53.9 Å². The average Bonchev–Trinajstić information content (AvgIpc) is 2.78. The largest absolute Gasteiger partial charge is 0.481 e. The Hall–Kier alpha value is -2.82. The van der Waals surface area contributed by atoms with Gasteiger partial charge in [-0.1, -0.05) is 56.3 Å². The molecular formula is C25H32N2O3. The zero-order chi connectivity index (χ0) is 21.5. The Morgan fingerprint density at radius 3 is 2.07 bits per heavy atom. The zero-order valence-corrected chi connectivity index (χ0v) is 18.2. The number of aryl methyl sites for hydroxylation is 1. The molecule has 5 heteroatoms. The second-order valence-electron chi connectivity index (χ2n) is 8.18. The third-order valence-corrected chi connectivity index (χ3v) is 5.62. The van der Waals surface area contributed by atoms with E-state index >= 15 is 0 Å². The fourth-order valence-electron chi connectivity index (χ4n) is 3.67. The summed E-state index contributed by atoms with van der Waals surface area (Å²) in [6.07, 6.45) is 0.707. The molecule has 1 aliphatic heterocycles. The predicted octanol–water partition coefficient (Wildman–Crippen LogP) is 3.88. The first-order chi connectivity index (χ1) is 14.4. The second kappa shape index (κ2) is 10.3. The van der Waals surface area contributed by atoms with Gasteiger partial charge in [0.1, 0.15) is 5.75 Å². The molecule has 0 aromatic heterocycles. The van der Waals surface area contributed by atoms with Crippen LogP contribution in [0.5, 0.6) is 5.75 Å². The zero-order valence-electron chi connectivity index (χ0n) is 18.2. The van der Waals surface area contributed by atoms with Gasteiger partial charge < -0.3 is 14.5 Å². The fourth-order valence-corrected chi connectivity index (χ4v) is 3.67. The lowest BCUT2D eigenvalue weighted by Gasteiger charge is -2.36. The van der Waals surface area contributed by atoms with Crippen molar-refractivity contribution < 1.29 is 14.3 Å². The number of benzene rings is 2. The molecule has 1 atom stereocenters. The summed E-state index contributed by atoms with van der Waals surface area (Å²) in [5.74, 6) is 1.29. The van der Waals surface area contributed by atoms with Crippen LogP contribution in [-0.2, 0) is 16.0 Å². The Morgan fingerprint density at radius 2 is 1.47 bits per heavy atom. The van der Waals surface area contributed by atoms with Gasteiger partial charge in [-0.25, -0.2) is 0 Å². The van der Waals surface area contributed by atoms with Gasteiger partial charge in [-0.2, -0.15) is 0 Å². The predicted molar refractivity (Wildman–Crippen MR) is 119 cm³/mol. The van der Waals surface area contributed by atoms with Gasteiger partial charge >= 0.3 is 0 Å². The third kappa shape index (κ3) is 5.85. The Kier molecular flexibility index (Phi) is 7.50. The summed E-state index contributed by atoms with van der Waals surface area (Å²) in [4.78, 5) is 28.9. The number of nitrogens with zero attached hydrogens (tertiary/aromatic N) is 2. The number of amides is 2. The van der Waals surface area contributed by atoms with Gasteiger partial charge in [0.15, 0.2) is 6.10 Å². The topological polar surface area (TPSA) is 49.9 Å². The normalized spacial score (nSPS) is 15.2. The van der Waals surface area contributed by atoms with Crippen LogP contribution in [0, 0.1) is 0 Å². The maximum atomic E-state index is 12.8. The van der Waals surface area contributed by atoms with Crippen molar-refractivity contribution in [3.63, 3.8) is 0 Å². The minimum Gasteiger partial charge on any atom is -0.481 e. The summed E-state index contributed by atoms with van der Waals surface area (Å²) in [7, 11) is 0. The molecule has 0 radical (unpaired) electrons. The van der Waals surface area contributed by atoms with E-state index in [4.69, 9.17) is 4.74 Å². The first-order valence-corrected chi connectivity index (χ1v) is 10.8. The van der Waals surface area contributed by atoms with E-state index < -0.39 is 6.10 Å². The van der Waals surface area contributed by atoms with Gasteiger partial charge in [-0.3, -0.25) is 9.59 Å². The van der Waals surface area contributed by atoms with Crippen LogP contribution in [0.2, 0.25) is 0 Å². The van der Waals surface area contributed by atoms with E-state index in [1.54, 1.807) is 11.8 Å². The highest BCUT2D eigenvalue weighted by atomic mass is 16.5. The number of hydrogen-bond acceptors (Lipinski definition) is 3. The molecule has 160 valence electrons. The lowest BCUT2D eigenvalue weighted by Crippen LogP contribution is -2.53. The molecule has 3 rings (SSSR count). The number of ether oxygens (including phenoxy) is 1. The highest BCUT2D eigenvalue weighted by Gasteiger charge is 2.27. The van der Waals surface area contributed by atoms with E-state index in [0.717, 1.165) is 6.42 Å². The Labute approximate surface area is 179 Å². The monoisotopic (exact) mass is 408 g/mol. The maximum Gasteiger partial charge on any atom is 0.263 e. The van der Waals surface area contributed by atoms with E-state index in [-0.39, 0.29) is 11.8 Å². The number of carbonyl (C=O) groups excluding carboxylic acids is 2. The molecule has 1 saturated heterocycles. The van der Waals surface area contributed by atoms with E-state index in [0.29, 0.717) is 44.3 Å². The molecule has 0 N–H and O–H groups in total. The summed E-state index contributed by atoms with van der Waals surface area (Å²) < 4.78 is 5.85. The molecule has 0 bridgehead atoms. The van der Waals surface area contributed by atoms with Gasteiger partial charge in [0, 0.05) is 32.6 Å². The standard InChI is InChI=1S/C25H32N2O3/c1-19(2)22-10-12-23(13-11-22)30-20(3)25(29)27-17-15-26(16-18-27)24(28)14-9-21-7-5-4-6-8-21/h4-8,10-13,19-20H,9,14-18H2,1-3H3. The number of piperazine rings is 1. The van der Waals surface area contributed by atoms with Crippen molar-refractivity contribution in [2.24, 2.45) is 0 Å². The van der Waals surface area contributed by atoms with Crippen molar-refractivity contribution in [3.8, 4) is 5.75 Å².